The first kappa shape index (κ1) is 19.9. The molecule has 0 spiro atoms. The lowest BCUT2D eigenvalue weighted by Gasteiger charge is -2.23. The van der Waals surface area contributed by atoms with Crippen LogP contribution in [0.3, 0.4) is 0 Å². The second-order valence-corrected chi connectivity index (χ2v) is 7.27. The predicted octanol–water partition coefficient (Wildman–Crippen LogP) is 5.56. The van der Waals surface area contributed by atoms with E-state index in [0.29, 0.717) is 23.2 Å². The third kappa shape index (κ3) is 4.01. The number of alkyl halides is 2. The molecule has 0 bridgehead atoms. The highest BCUT2D eigenvalue weighted by molar-refractivity contribution is 6.02. The minimum atomic E-state index is -2.97. The maximum absolute atomic E-state index is 12.9. The first-order valence-corrected chi connectivity index (χ1v) is 9.77. The van der Waals surface area contributed by atoms with E-state index in [2.05, 4.69) is 32.3 Å². The Bertz CT molecular complexity index is 1120. The highest BCUT2D eigenvalue weighted by Gasteiger charge is 2.23. The van der Waals surface area contributed by atoms with Gasteiger partial charge < -0.3 is 9.72 Å². The van der Waals surface area contributed by atoms with Gasteiger partial charge in [-0.15, -0.1) is 0 Å². The number of H-pyrrole nitrogens is 1. The second-order valence-electron chi connectivity index (χ2n) is 7.27. The van der Waals surface area contributed by atoms with Crippen LogP contribution in [-0.4, -0.2) is 27.3 Å². The van der Waals surface area contributed by atoms with E-state index in [-0.39, 0.29) is 17.6 Å². The van der Waals surface area contributed by atoms with Crippen LogP contribution in [-0.2, 0) is 4.79 Å². The van der Waals surface area contributed by atoms with Gasteiger partial charge in [-0.2, -0.15) is 8.78 Å². The van der Waals surface area contributed by atoms with Crippen LogP contribution < -0.4 is 4.74 Å². The minimum absolute atomic E-state index is 0.0487. The first-order valence-electron chi connectivity index (χ1n) is 9.77. The number of fused-ring (bicyclic) bond motifs is 1. The molecule has 1 atom stereocenters. The zero-order valence-corrected chi connectivity index (χ0v) is 16.3. The van der Waals surface area contributed by atoms with Gasteiger partial charge in [0.2, 0.25) is 5.88 Å². The predicted molar refractivity (Wildman–Crippen MR) is 111 cm³/mol. The van der Waals surface area contributed by atoms with Crippen LogP contribution in [0.4, 0.5) is 8.78 Å². The zero-order valence-electron chi connectivity index (χ0n) is 16.3. The number of carbonyl (C=O) groups is 1. The van der Waals surface area contributed by atoms with E-state index in [1.807, 2.05) is 6.07 Å². The molecule has 0 radical (unpaired) electrons. The van der Waals surface area contributed by atoms with Crippen molar-refractivity contribution in [3.63, 3.8) is 0 Å². The number of rotatable bonds is 7. The second kappa shape index (κ2) is 8.57. The van der Waals surface area contributed by atoms with Gasteiger partial charge in [0.15, 0.2) is 5.78 Å². The summed E-state index contributed by atoms with van der Waals surface area (Å²) in [5, 5.41) is 0.826. The van der Waals surface area contributed by atoms with Crippen LogP contribution in [0.2, 0.25) is 0 Å². The monoisotopic (exact) mass is 409 g/mol. The maximum atomic E-state index is 12.9. The fraction of sp³-hybridized carbons (Fsp3) is 0.261. The molecule has 4 rings (SSSR count). The Kier molecular flexibility index (Phi) is 5.70. The number of hydrogen-bond donors (Lipinski definition) is 1. The van der Waals surface area contributed by atoms with Gasteiger partial charge in [0.25, 0.3) is 0 Å². The van der Waals surface area contributed by atoms with Gasteiger partial charge in [0, 0.05) is 41.5 Å². The molecule has 3 aromatic rings. The third-order valence-corrected chi connectivity index (χ3v) is 5.37. The number of carbonyl (C=O) groups excluding carboxylic acids is 1. The molecular weight excluding hydrogens is 388 g/mol. The van der Waals surface area contributed by atoms with E-state index in [1.165, 1.54) is 12.3 Å². The Hall–Kier alpha value is -3.35. The van der Waals surface area contributed by atoms with Crippen molar-refractivity contribution in [2.45, 2.75) is 32.3 Å². The summed E-state index contributed by atoms with van der Waals surface area (Å²) in [7, 11) is 0. The molecule has 1 aliphatic rings. The molecule has 1 aliphatic carbocycles. The van der Waals surface area contributed by atoms with Crippen molar-refractivity contribution >= 4 is 22.4 Å². The maximum Gasteiger partial charge on any atom is 0.388 e. The molecule has 30 heavy (non-hydrogen) atoms. The van der Waals surface area contributed by atoms with Gasteiger partial charge in [0.05, 0.1) is 0 Å². The molecule has 154 valence electrons. The van der Waals surface area contributed by atoms with Crippen LogP contribution in [0.5, 0.6) is 5.88 Å². The third-order valence-electron chi connectivity index (χ3n) is 5.37. The van der Waals surface area contributed by atoms with Crippen molar-refractivity contribution in [3.05, 3.63) is 61.1 Å². The number of hydrogen-bond acceptors (Lipinski definition) is 4. The average molecular weight is 409 g/mol. The molecule has 0 aromatic carbocycles. The van der Waals surface area contributed by atoms with E-state index >= 15 is 0 Å². The number of aromatic amines is 1. The normalized spacial score (nSPS) is 16.5. The highest BCUT2D eigenvalue weighted by atomic mass is 19.3. The number of ether oxygens (including phenoxy) is 1. The molecule has 5 nitrogen and oxygen atoms in total. The number of halogens is 2. The van der Waals surface area contributed by atoms with Gasteiger partial charge in [-0.3, -0.25) is 4.79 Å². The molecule has 0 saturated heterocycles. The number of aromatic nitrogens is 3. The zero-order chi connectivity index (χ0) is 21.1. The van der Waals surface area contributed by atoms with E-state index in [1.54, 1.807) is 24.5 Å². The smallest absolute Gasteiger partial charge is 0.388 e. The number of ketones is 1. The van der Waals surface area contributed by atoms with Crippen molar-refractivity contribution in [1.82, 2.24) is 15.0 Å². The molecule has 0 saturated carbocycles. The van der Waals surface area contributed by atoms with Crippen molar-refractivity contribution in [1.29, 1.82) is 0 Å². The summed E-state index contributed by atoms with van der Waals surface area (Å²) in [6, 6.07) is 5.30. The molecule has 0 aliphatic heterocycles. The number of pyridine rings is 2. The van der Waals surface area contributed by atoms with Gasteiger partial charge in [-0.25, -0.2) is 9.97 Å². The molecule has 1 unspecified atom stereocenters. The lowest BCUT2D eigenvalue weighted by molar-refractivity contribution is -0.115. The van der Waals surface area contributed by atoms with Crippen LogP contribution in [0, 0.1) is 5.92 Å². The molecule has 1 N–H and O–H groups in total. The van der Waals surface area contributed by atoms with E-state index in [4.69, 9.17) is 0 Å². The van der Waals surface area contributed by atoms with Gasteiger partial charge in [-0.05, 0) is 60.6 Å². The topological polar surface area (TPSA) is 67.9 Å². The van der Waals surface area contributed by atoms with Crippen LogP contribution >= 0.6 is 0 Å². The largest absolute Gasteiger partial charge is 0.416 e. The van der Waals surface area contributed by atoms with E-state index in [0.717, 1.165) is 35.8 Å². The van der Waals surface area contributed by atoms with Gasteiger partial charge in [-0.1, -0.05) is 12.7 Å². The number of allylic oxidation sites excluding steroid dienone is 3. The average Bonchev–Trinajstić information content (AvgIpc) is 3.18. The fourth-order valence-corrected chi connectivity index (χ4v) is 4.06. The lowest BCUT2D eigenvalue weighted by Crippen LogP contribution is -2.11. The summed E-state index contributed by atoms with van der Waals surface area (Å²) >= 11 is 0. The number of nitrogens with one attached hydrogen (secondary N) is 1. The van der Waals surface area contributed by atoms with E-state index < -0.39 is 6.61 Å². The Morgan fingerprint density at radius 3 is 2.93 bits per heavy atom. The van der Waals surface area contributed by atoms with Crippen molar-refractivity contribution in [2.24, 2.45) is 5.92 Å². The summed E-state index contributed by atoms with van der Waals surface area (Å²) < 4.78 is 30.4. The summed E-state index contributed by atoms with van der Waals surface area (Å²) in [6.07, 6.45) is 11.5. The number of nitrogens with zero attached hydrogens (tertiary/aromatic N) is 2. The lowest BCUT2D eigenvalue weighted by atomic mass is 9.82. The SMILES string of the molecule is C=CC(=O)CC1CCC=C(c2ccnc3[nH]cc(-c4cccnc4OC(F)F)c23)C1. The standard InChI is InChI=1S/C23H21F2N3O2/c1-2-16(29)12-14-5-3-6-15(11-14)17-8-10-26-21-20(17)19(13-28-21)18-7-4-9-27-22(18)30-23(24)25/h2,4,6-10,13-14,23H,1,3,5,11-12H2,(H,26,28). The Balaban J connectivity index is 1.77. The quantitative estimate of drug-likeness (QED) is 0.519. The highest BCUT2D eigenvalue weighted by Crippen LogP contribution is 2.40. The van der Waals surface area contributed by atoms with Gasteiger partial charge >= 0.3 is 6.61 Å². The van der Waals surface area contributed by atoms with Gasteiger partial charge in [0.1, 0.15) is 5.65 Å². The minimum Gasteiger partial charge on any atom is -0.416 e. The van der Waals surface area contributed by atoms with Crippen LogP contribution in [0.25, 0.3) is 27.7 Å². The Labute approximate surface area is 172 Å². The molecule has 3 aromatic heterocycles. The van der Waals surface area contributed by atoms with Crippen molar-refractivity contribution in [3.8, 4) is 17.0 Å². The van der Waals surface area contributed by atoms with Crippen molar-refractivity contribution < 1.29 is 18.3 Å². The molecular formula is C23H21F2N3O2. The summed E-state index contributed by atoms with van der Waals surface area (Å²) in [4.78, 5) is 23.3. The molecule has 3 heterocycles. The van der Waals surface area contributed by atoms with Crippen LogP contribution in [0.15, 0.2) is 55.5 Å². The fourth-order valence-electron chi connectivity index (χ4n) is 4.06. The molecule has 0 fully saturated rings. The Morgan fingerprint density at radius 1 is 1.27 bits per heavy atom. The summed E-state index contributed by atoms with van der Waals surface area (Å²) in [5.41, 5.74) is 3.91. The summed E-state index contributed by atoms with van der Waals surface area (Å²) in [5.74, 6) is 0.167. The van der Waals surface area contributed by atoms with Crippen LogP contribution in [0.1, 0.15) is 31.2 Å². The first-order chi connectivity index (χ1) is 14.6. The summed E-state index contributed by atoms with van der Waals surface area (Å²) in [6.45, 7) is 0.596. The molecule has 7 heteroatoms. The van der Waals surface area contributed by atoms with Crippen molar-refractivity contribution in [2.75, 3.05) is 0 Å². The van der Waals surface area contributed by atoms with E-state index in [9.17, 15) is 13.6 Å². The molecule has 0 amide bonds. The Morgan fingerprint density at radius 2 is 2.13 bits per heavy atom.